The molecule has 3 aliphatic heterocycles. The highest BCUT2D eigenvalue weighted by Gasteiger charge is 2.29. The Morgan fingerprint density at radius 1 is 0.944 bits per heavy atom. The van der Waals surface area contributed by atoms with Crippen LogP contribution in [-0.2, 0) is 7.05 Å². The van der Waals surface area contributed by atoms with Gasteiger partial charge in [-0.3, -0.25) is 19.5 Å². The normalized spacial score (nSPS) is 17.4. The van der Waals surface area contributed by atoms with Crippen molar-refractivity contribution in [3.63, 3.8) is 0 Å². The number of pyridine rings is 1. The quantitative estimate of drug-likeness (QED) is 0.256. The number of hydrogen-bond donors (Lipinski definition) is 2. The zero-order valence-electron chi connectivity index (χ0n) is 31.5. The van der Waals surface area contributed by atoms with Gasteiger partial charge in [-0.15, -0.1) is 10.2 Å². The van der Waals surface area contributed by atoms with Crippen molar-refractivity contribution in [2.45, 2.75) is 19.8 Å². The molecule has 0 spiro atoms. The minimum atomic E-state index is -0.571. The van der Waals surface area contributed by atoms with E-state index in [9.17, 15) is 14.9 Å². The van der Waals surface area contributed by atoms with Gasteiger partial charge < -0.3 is 35.6 Å². The number of amides is 1. The van der Waals surface area contributed by atoms with Crippen molar-refractivity contribution in [3.05, 3.63) is 81.4 Å². The Morgan fingerprint density at radius 2 is 1.70 bits per heavy atom. The number of nitrogens with zero attached hydrogens (tertiary/aromatic N) is 10. The molecule has 3 aliphatic rings. The molecule has 2 saturated heterocycles. The minimum Gasteiger partial charge on any atom is -0.404 e. The monoisotopic (exact) mass is 728 g/mol. The number of nitrogens with two attached hydrogens (primary N) is 2. The number of piperidine rings is 1. The zero-order chi connectivity index (χ0) is 38.1. The van der Waals surface area contributed by atoms with Gasteiger partial charge in [-0.05, 0) is 68.1 Å². The van der Waals surface area contributed by atoms with E-state index in [1.165, 1.54) is 6.20 Å². The third kappa shape index (κ3) is 6.94. The SMILES string of the molecule is CN=C/C(=C\N)c1cc2c(cc1C#N)N(c1cc(N3CCN(CC4CCN(c5ccc(C(N)=O)nn5)CC4)CC3)cc3c1cc(C)c(=O)n3C)CCN2C. The molecule has 54 heavy (non-hydrogen) atoms. The number of primary amides is 1. The molecular formula is C40H48N12O2. The number of carbonyl (C=O) groups excluding carboxylic acids is 1. The molecule has 7 rings (SSSR count). The van der Waals surface area contributed by atoms with E-state index in [0.717, 1.165) is 110 Å². The Hall–Kier alpha value is -5.94. The molecule has 2 aromatic heterocycles. The summed E-state index contributed by atoms with van der Waals surface area (Å²) in [5.74, 6) is 0.806. The molecule has 14 heteroatoms. The number of piperazine rings is 1. The molecule has 0 atom stereocenters. The third-order valence-corrected chi connectivity index (χ3v) is 11.2. The van der Waals surface area contributed by atoms with Gasteiger partial charge in [0.15, 0.2) is 11.5 Å². The summed E-state index contributed by atoms with van der Waals surface area (Å²) in [5.41, 5.74) is 19.0. The number of carbonyl (C=O) groups is 1. The Labute approximate surface area is 315 Å². The number of allylic oxidation sites excluding steroid dienone is 1. The molecule has 0 bridgehead atoms. The van der Waals surface area contributed by atoms with Gasteiger partial charge in [0.2, 0.25) is 0 Å². The first-order valence-electron chi connectivity index (χ1n) is 18.5. The second-order valence-corrected chi connectivity index (χ2v) is 14.5. The van der Waals surface area contributed by atoms with E-state index in [1.54, 1.807) is 23.9 Å². The van der Waals surface area contributed by atoms with Crippen LogP contribution >= 0.6 is 0 Å². The molecule has 4 N–H and O–H groups in total. The molecule has 5 heterocycles. The van der Waals surface area contributed by atoms with E-state index >= 15 is 0 Å². The second kappa shape index (κ2) is 15.2. The lowest BCUT2D eigenvalue weighted by Gasteiger charge is -2.41. The molecular weight excluding hydrogens is 681 g/mol. The van der Waals surface area contributed by atoms with Gasteiger partial charge in [0.25, 0.3) is 11.5 Å². The first-order valence-corrected chi connectivity index (χ1v) is 18.5. The van der Waals surface area contributed by atoms with Gasteiger partial charge in [0.1, 0.15) is 0 Å². The van der Waals surface area contributed by atoms with E-state index in [1.807, 2.05) is 38.2 Å². The maximum atomic E-state index is 13.3. The van der Waals surface area contributed by atoms with Crippen molar-refractivity contribution in [2.24, 2.45) is 29.4 Å². The molecule has 2 aromatic carbocycles. The zero-order valence-corrected chi connectivity index (χ0v) is 31.5. The van der Waals surface area contributed by atoms with Crippen molar-refractivity contribution in [2.75, 3.05) is 92.6 Å². The molecule has 1 amide bonds. The third-order valence-electron chi connectivity index (χ3n) is 11.2. The average molecular weight is 729 g/mol. The van der Waals surface area contributed by atoms with E-state index in [0.29, 0.717) is 29.2 Å². The first-order chi connectivity index (χ1) is 26.1. The van der Waals surface area contributed by atoms with Crippen LogP contribution in [0.15, 0.2) is 58.5 Å². The van der Waals surface area contributed by atoms with Crippen LogP contribution in [0.1, 0.15) is 40.0 Å². The number of aryl methyl sites for hydroxylation is 2. The summed E-state index contributed by atoms with van der Waals surface area (Å²) in [7, 11) is 5.61. The van der Waals surface area contributed by atoms with E-state index < -0.39 is 5.91 Å². The lowest BCUT2D eigenvalue weighted by atomic mass is 9.96. The van der Waals surface area contributed by atoms with Crippen LogP contribution in [0, 0.1) is 24.2 Å². The summed E-state index contributed by atoms with van der Waals surface area (Å²) in [6, 6.07) is 16.3. The van der Waals surface area contributed by atoms with Gasteiger partial charge >= 0.3 is 0 Å². The highest BCUT2D eigenvalue weighted by atomic mass is 16.1. The average Bonchev–Trinajstić information content (AvgIpc) is 3.19. The number of nitriles is 1. The van der Waals surface area contributed by atoms with Gasteiger partial charge in [-0.1, -0.05) is 0 Å². The summed E-state index contributed by atoms with van der Waals surface area (Å²) in [6.07, 6.45) is 5.30. The predicted octanol–water partition coefficient (Wildman–Crippen LogP) is 3.23. The van der Waals surface area contributed by atoms with Crippen molar-refractivity contribution < 1.29 is 4.79 Å². The van der Waals surface area contributed by atoms with Gasteiger partial charge in [-0.25, -0.2) is 0 Å². The number of rotatable bonds is 8. The summed E-state index contributed by atoms with van der Waals surface area (Å²) in [5, 5.41) is 19.5. The highest BCUT2D eigenvalue weighted by Crippen LogP contribution is 2.44. The van der Waals surface area contributed by atoms with Crippen LogP contribution in [0.2, 0.25) is 0 Å². The number of anilines is 5. The van der Waals surface area contributed by atoms with Gasteiger partial charge in [0, 0.05) is 120 Å². The van der Waals surface area contributed by atoms with Crippen molar-refractivity contribution in [3.8, 4) is 6.07 Å². The Balaban J connectivity index is 1.13. The molecule has 280 valence electrons. The number of benzene rings is 2. The number of fused-ring (bicyclic) bond motifs is 2. The van der Waals surface area contributed by atoms with E-state index in [2.05, 4.69) is 64.9 Å². The smallest absolute Gasteiger partial charge is 0.269 e. The molecule has 0 radical (unpaired) electrons. The Kier molecular flexibility index (Phi) is 10.2. The van der Waals surface area contributed by atoms with Gasteiger partial charge in [0.05, 0.1) is 34.2 Å². The molecule has 2 fully saturated rings. The Bertz CT molecular complexity index is 2220. The van der Waals surface area contributed by atoms with Crippen LogP contribution < -0.4 is 36.6 Å². The standard InChI is InChI=1S/C40H48N12O2/c1-26-17-32-34(48(4)40(26)54)19-30(20-35(32)52-16-11-47(3)36-21-31(29(23-42)24-44-2)28(22-41)18-37(36)52)50-14-12-49(13-15-50)25-27-7-9-51(10-8-27)38-6-5-33(39(43)53)45-46-38/h5-6,17-21,23-24,27H,7-16,25,42H2,1-4H3,(H2,43,53)/b29-23+,44-24?. The van der Waals surface area contributed by atoms with Crippen LogP contribution in [0.3, 0.4) is 0 Å². The van der Waals surface area contributed by atoms with Crippen LogP contribution in [0.25, 0.3) is 16.5 Å². The van der Waals surface area contributed by atoms with Crippen molar-refractivity contribution >= 4 is 57.2 Å². The number of hydrogen-bond acceptors (Lipinski definition) is 12. The second-order valence-electron chi connectivity index (χ2n) is 14.5. The van der Waals surface area contributed by atoms with E-state index in [4.69, 9.17) is 11.5 Å². The molecule has 0 saturated carbocycles. The summed E-state index contributed by atoms with van der Waals surface area (Å²) in [4.78, 5) is 40.6. The molecule has 4 aromatic rings. The lowest BCUT2D eigenvalue weighted by molar-refractivity contribution is 0.0994. The Morgan fingerprint density at radius 3 is 2.35 bits per heavy atom. The van der Waals surface area contributed by atoms with E-state index in [-0.39, 0.29) is 11.3 Å². The van der Waals surface area contributed by atoms with Crippen LogP contribution in [0.5, 0.6) is 0 Å². The van der Waals surface area contributed by atoms with Crippen LogP contribution in [-0.4, -0.2) is 105 Å². The minimum absolute atomic E-state index is 0.00920. The number of likely N-dealkylation sites (N-methyl/N-ethyl adjacent to an activating group) is 1. The fraction of sp³-hybridized carbons (Fsp3) is 0.400. The molecule has 0 unspecified atom stereocenters. The summed E-state index contributed by atoms with van der Waals surface area (Å²) >= 11 is 0. The molecule has 0 aliphatic carbocycles. The fourth-order valence-corrected chi connectivity index (χ4v) is 8.13. The maximum Gasteiger partial charge on any atom is 0.269 e. The predicted molar refractivity (Wildman–Crippen MR) is 216 cm³/mol. The first kappa shape index (κ1) is 36.4. The maximum absolute atomic E-state index is 13.3. The van der Waals surface area contributed by atoms with Crippen LogP contribution in [0.4, 0.5) is 28.6 Å². The summed E-state index contributed by atoms with van der Waals surface area (Å²) < 4.78 is 1.77. The van der Waals surface area contributed by atoms with Crippen molar-refractivity contribution in [1.82, 2.24) is 19.7 Å². The topological polar surface area (TPSA) is 169 Å². The lowest BCUT2D eigenvalue weighted by Crippen LogP contribution is -2.49. The highest BCUT2D eigenvalue weighted by molar-refractivity contribution is 6.11. The molecule has 14 nitrogen and oxygen atoms in total. The fourth-order valence-electron chi connectivity index (χ4n) is 8.13. The van der Waals surface area contributed by atoms with Crippen molar-refractivity contribution in [1.29, 1.82) is 5.26 Å². The number of aliphatic imine (C=N–C) groups is 1. The van der Waals surface area contributed by atoms with Gasteiger partial charge in [-0.2, -0.15) is 5.26 Å². The summed E-state index contributed by atoms with van der Waals surface area (Å²) in [6.45, 7) is 9.85. The largest absolute Gasteiger partial charge is 0.404 e. The number of aromatic nitrogens is 3.